The molecule has 3 atom stereocenters. The Bertz CT molecular complexity index is 399. The summed E-state index contributed by atoms with van der Waals surface area (Å²) in [6.45, 7) is 0.718. The maximum Gasteiger partial charge on any atom is 0.119 e. The van der Waals surface area contributed by atoms with Crippen LogP contribution in [-0.4, -0.2) is 18.8 Å². The number of fused-ring (bicyclic) bond motifs is 2. The van der Waals surface area contributed by atoms with Gasteiger partial charge in [0, 0.05) is 11.6 Å². The lowest BCUT2D eigenvalue weighted by Gasteiger charge is -2.16. The second-order valence-corrected chi connectivity index (χ2v) is 4.40. The Kier molecular flexibility index (Phi) is 2.33. The number of ether oxygens (including phenoxy) is 2. The molecule has 0 aromatic heterocycles. The molecule has 1 fully saturated rings. The number of benzene rings is 1. The Morgan fingerprint density at radius 2 is 2.06 bits per heavy atom. The lowest BCUT2D eigenvalue weighted by molar-refractivity contribution is 0.0981. The van der Waals surface area contributed by atoms with Crippen molar-refractivity contribution in [2.45, 2.75) is 18.6 Å². The van der Waals surface area contributed by atoms with Crippen LogP contribution in [0.15, 0.2) is 36.4 Å². The van der Waals surface area contributed by atoms with Gasteiger partial charge in [0.1, 0.15) is 5.75 Å². The molecule has 3 nitrogen and oxygen atoms in total. The molecule has 0 saturated carbocycles. The van der Waals surface area contributed by atoms with E-state index < -0.39 is 0 Å². The fourth-order valence-corrected chi connectivity index (χ4v) is 2.29. The molecule has 1 aromatic carbocycles. The van der Waals surface area contributed by atoms with Gasteiger partial charge in [-0.3, -0.25) is 0 Å². The van der Waals surface area contributed by atoms with Crippen LogP contribution >= 0.6 is 0 Å². The van der Waals surface area contributed by atoms with E-state index in [-0.39, 0.29) is 6.10 Å². The largest absolute Gasteiger partial charge is 0.493 e. The molecule has 2 aliphatic rings. The van der Waals surface area contributed by atoms with E-state index in [1.54, 1.807) is 0 Å². The van der Waals surface area contributed by atoms with Gasteiger partial charge in [0.2, 0.25) is 0 Å². The van der Waals surface area contributed by atoms with Crippen molar-refractivity contribution < 1.29 is 9.47 Å². The predicted octanol–water partition coefficient (Wildman–Crippen LogP) is 1.99. The van der Waals surface area contributed by atoms with Crippen LogP contribution in [0.5, 0.6) is 5.75 Å². The number of hydrogen-bond donors (Lipinski definition) is 1. The Labute approximate surface area is 94.9 Å². The third kappa shape index (κ3) is 1.78. The van der Waals surface area contributed by atoms with Gasteiger partial charge in [-0.1, -0.05) is 12.2 Å². The minimum Gasteiger partial charge on any atom is -0.493 e. The number of nitrogens with two attached hydrogens (primary N) is 1. The van der Waals surface area contributed by atoms with Gasteiger partial charge in [-0.25, -0.2) is 0 Å². The van der Waals surface area contributed by atoms with Crippen LogP contribution in [0.2, 0.25) is 0 Å². The summed E-state index contributed by atoms with van der Waals surface area (Å²) in [6, 6.07) is 7.51. The van der Waals surface area contributed by atoms with Crippen molar-refractivity contribution in [2.75, 3.05) is 12.3 Å². The Morgan fingerprint density at radius 3 is 2.69 bits per heavy atom. The molecule has 1 aromatic rings. The second-order valence-electron chi connectivity index (χ2n) is 4.40. The zero-order chi connectivity index (χ0) is 11.0. The van der Waals surface area contributed by atoms with E-state index in [4.69, 9.17) is 15.2 Å². The van der Waals surface area contributed by atoms with E-state index in [1.165, 1.54) is 0 Å². The lowest BCUT2D eigenvalue weighted by atomic mass is 9.95. The van der Waals surface area contributed by atoms with Gasteiger partial charge in [-0.05, 0) is 30.7 Å². The van der Waals surface area contributed by atoms with Crippen LogP contribution in [0, 0.1) is 5.92 Å². The summed E-state index contributed by atoms with van der Waals surface area (Å²) >= 11 is 0. The van der Waals surface area contributed by atoms with E-state index in [9.17, 15) is 0 Å². The van der Waals surface area contributed by atoms with Gasteiger partial charge in [-0.2, -0.15) is 0 Å². The summed E-state index contributed by atoms with van der Waals surface area (Å²) in [5.41, 5.74) is 6.37. The zero-order valence-electron chi connectivity index (χ0n) is 9.00. The molecule has 0 radical (unpaired) electrons. The van der Waals surface area contributed by atoms with Gasteiger partial charge in [0.15, 0.2) is 0 Å². The number of nitrogen functional groups attached to an aromatic ring is 1. The van der Waals surface area contributed by atoms with Gasteiger partial charge >= 0.3 is 0 Å². The summed E-state index contributed by atoms with van der Waals surface area (Å²) in [7, 11) is 0. The highest BCUT2D eigenvalue weighted by atomic mass is 16.5. The fourth-order valence-electron chi connectivity index (χ4n) is 2.29. The fraction of sp³-hybridized carbons (Fsp3) is 0.385. The van der Waals surface area contributed by atoms with Crippen LogP contribution in [-0.2, 0) is 4.74 Å². The third-order valence-corrected chi connectivity index (χ3v) is 3.19. The Balaban J connectivity index is 1.57. The third-order valence-electron chi connectivity index (χ3n) is 3.19. The van der Waals surface area contributed by atoms with E-state index in [2.05, 4.69) is 12.2 Å². The van der Waals surface area contributed by atoms with Crippen molar-refractivity contribution in [3.63, 3.8) is 0 Å². The average molecular weight is 217 g/mol. The quantitative estimate of drug-likeness (QED) is 0.622. The lowest BCUT2D eigenvalue weighted by Crippen LogP contribution is -2.20. The van der Waals surface area contributed by atoms with E-state index in [0.717, 1.165) is 24.5 Å². The molecule has 0 amide bonds. The second kappa shape index (κ2) is 3.83. The topological polar surface area (TPSA) is 44.5 Å². The van der Waals surface area contributed by atoms with Crippen molar-refractivity contribution in [3.8, 4) is 5.75 Å². The molecule has 2 N–H and O–H groups in total. The normalized spacial score (nSPS) is 30.9. The minimum atomic E-state index is 0.263. The van der Waals surface area contributed by atoms with Crippen LogP contribution in [0.3, 0.4) is 0 Å². The first-order valence-electron chi connectivity index (χ1n) is 5.63. The highest BCUT2D eigenvalue weighted by molar-refractivity contribution is 5.41. The Morgan fingerprint density at radius 1 is 1.25 bits per heavy atom. The van der Waals surface area contributed by atoms with Gasteiger partial charge < -0.3 is 15.2 Å². The van der Waals surface area contributed by atoms with Crippen molar-refractivity contribution in [2.24, 2.45) is 5.92 Å². The zero-order valence-corrected chi connectivity index (χ0v) is 9.00. The molecular formula is C13H15NO2. The number of anilines is 1. The number of hydrogen-bond acceptors (Lipinski definition) is 3. The molecule has 1 saturated heterocycles. The van der Waals surface area contributed by atoms with Crippen molar-refractivity contribution in [1.29, 1.82) is 0 Å². The summed E-state index contributed by atoms with van der Waals surface area (Å²) in [6.07, 6.45) is 5.95. The summed E-state index contributed by atoms with van der Waals surface area (Å²) in [5, 5.41) is 0. The van der Waals surface area contributed by atoms with Gasteiger partial charge in [-0.15, -0.1) is 0 Å². The first-order valence-corrected chi connectivity index (χ1v) is 5.63. The van der Waals surface area contributed by atoms with E-state index >= 15 is 0 Å². The van der Waals surface area contributed by atoms with Gasteiger partial charge in [0.25, 0.3) is 0 Å². The molecule has 0 spiro atoms. The van der Waals surface area contributed by atoms with Crippen molar-refractivity contribution >= 4 is 5.69 Å². The molecule has 2 bridgehead atoms. The molecule has 84 valence electrons. The smallest absolute Gasteiger partial charge is 0.119 e. The first-order chi connectivity index (χ1) is 7.81. The molecule has 3 rings (SSSR count). The first kappa shape index (κ1) is 9.73. The molecule has 16 heavy (non-hydrogen) atoms. The predicted molar refractivity (Wildman–Crippen MR) is 62.3 cm³/mol. The van der Waals surface area contributed by atoms with Crippen LogP contribution in [0.4, 0.5) is 5.69 Å². The van der Waals surface area contributed by atoms with Crippen LogP contribution in [0.25, 0.3) is 0 Å². The molecular weight excluding hydrogens is 202 g/mol. The van der Waals surface area contributed by atoms with Gasteiger partial charge in [0.05, 0.1) is 18.8 Å². The highest BCUT2D eigenvalue weighted by Gasteiger charge is 2.36. The van der Waals surface area contributed by atoms with E-state index in [0.29, 0.717) is 12.0 Å². The summed E-state index contributed by atoms with van der Waals surface area (Å²) in [5.74, 6) is 1.37. The Hall–Kier alpha value is -1.48. The molecule has 0 aliphatic carbocycles. The molecule has 2 heterocycles. The summed E-state index contributed by atoms with van der Waals surface area (Å²) < 4.78 is 11.4. The standard InChI is InChI=1S/C13H15NO2/c14-10-1-3-11(4-2-10)15-8-9-7-12-5-6-13(9)16-12/h1-6,9,12-13H,7-8,14H2. The maximum absolute atomic E-state index is 5.73. The summed E-state index contributed by atoms with van der Waals surface area (Å²) in [4.78, 5) is 0. The minimum absolute atomic E-state index is 0.263. The molecule has 3 unspecified atom stereocenters. The average Bonchev–Trinajstić information content (AvgIpc) is 2.90. The molecule has 3 heteroatoms. The van der Waals surface area contributed by atoms with Crippen molar-refractivity contribution in [1.82, 2.24) is 0 Å². The van der Waals surface area contributed by atoms with Crippen LogP contribution in [0.1, 0.15) is 6.42 Å². The maximum atomic E-state index is 5.73. The monoisotopic (exact) mass is 217 g/mol. The van der Waals surface area contributed by atoms with E-state index in [1.807, 2.05) is 24.3 Å². The molecule has 2 aliphatic heterocycles. The SMILES string of the molecule is Nc1ccc(OCC2CC3C=CC2O3)cc1. The highest BCUT2D eigenvalue weighted by Crippen LogP contribution is 2.33. The number of rotatable bonds is 3. The van der Waals surface area contributed by atoms with Crippen molar-refractivity contribution in [3.05, 3.63) is 36.4 Å². The van der Waals surface area contributed by atoms with Crippen LogP contribution < -0.4 is 10.5 Å².